The number of aromatic nitrogens is 3. The van der Waals surface area contributed by atoms with Crippen LogP contribution < -0.4 is 0 Å². The first-order chi connectivity index (χ1) is 33.7. The summed E-state index contributed by atoms with van der Waals surface area (Å²) in [6.07, 6.45) is 0. The molecule has 1 aliphatic rings. The van der Waals surface area contributed by atoms with Crippen molar-refractivity contribution in [2.24, 2.45) is 0 Å². The average Bonchev–Trinajstić information content (AvgIpc) is 3.95. The highest BCUT2D eigenvalue weighted by molar-refractivity contribution is 6.13. The van der Waals surface area contributed by atoms with Crippen LogP contribution >= 0.6 is 0 Å². The topological polar surface area (TPSA) is 51.8 Å². The van der Waals surface area contributed by atoms with Crippen LogP contribution in [0.4, 0.5) is 0 Å². The van der Waals surface area contributed by atoms with Crippen LogP contribution in [-0.2, 0) is 5.41 Å². The van der Waals surface area contributed by atoms with Crippen molar-refractivity contribution >= 4 is 21.9 Å². The van der Waals surface area contributed by atoms with E-state index in [2.05, 4.69) is 176 Å². The third kappa shape index (κ3) is 6.49. The standard InChI is InChI=1S/C64H41N3O/c1-5-17-44(18-6-1)61-65-62(45-19-7-2-8-20-45)67-63(66-61)54-28-16-30-59-60(54)55-40-48(36-38-58(55)68-59)47-22-15-21-46(39-47)42-31-33-43(34-32-42)49-35-37-53-52-27-13-14-29-56(52)64(57(53)41-49,50-23-9-3-10-24-50)51-25-11-4-12-26-51/h1-41H. The second kappa shape index (κ2) is 16.2. The number of fused-ring (bicyclic) bond motifs is 6. The second-order valence-corrected chi connectivity index (χ2v) is 17.5. The average molecular weight is 868 g/mol. The normalized spacial score (nSPS) is 12.5. The van der Waals surface area contributed by atoms with Crippen molar-refractivity contribution in [1.29, 1.82) is 0 Å². The summed E-state index contributed by atoms with van der Waals surface area (Å²) in [5, 5.41) is 1.98. The van der Waals surface area contributed by atoms with Gasteiger partial charge in [-0.3, -0.25) is 0 Å². The largest absolute Gasteiger partial charge is 0.456 e. The lowest BCUT2D eigenvalue weighted by Crippen LogP contribution is -2.28. The highest BCUT2D eigenvalue weighted by Crippen LogP contribution is 2.56. The maximum absolute atomic E-state index is 6.50. The zero-order valence-corrected chi connectivity index (χ0v) is 36.9. The van der Waals surface area contributed by atoms with Gasteiger partial charge in [0.2, 0.25) is 0 Å². The molecular formula is C64H41N3O. The molecule has 2 aromatic heterocycles. The summed E-state index contributed by atoms with van der Waals surface area (Å²) in [5.74, 6) is 1.84. The van der Waals surface area contributed by atoms with Crippen molar-refractivity contribution in [3.63, 3.8) is 0 Å². The molecule has 0 radical (unpaired) electrons. The molecule has 318 valence electrons. The third-order valence-electron chi connectivity index (χ3n) is 13.6. The van der Waals surface area contributed by atoms with Crippen molar-refractivity contribution in [3.05, 3.63) is 271 Å². The molecule has 0 saturated heterocycles. The summed E-state index contributed by atoms with van der Waals surface area (Å²) in [6.45, 7) is 0. The zero-order chi connectivity index (χ0) is 45.0. The number of nitrogens with zero attached hydrogens (tertiary/aromatic N) is 3. The molecule has 0 aliphatic heterocycles. The fraction of sp³-hybridized carbons (Fsp3) is 0.0156. The molecule has 68 heavy (non-hydrogen) atoms. The second-order valence-electron chi connectivity index (χ2n) is 17.5. The Morgan fingerprint density at radius 1 is 0.279 bits per heavy atom. The SMILES string of the molecule is c1ccc(-c2nc(-c3ccccc3)nc(-c3cccc4oc5ccc(-c6cccc(-c7ccc(-c8ccc9c(c8)C(c8ccccc8)(c8ccccc8)c8ccccc8-9)cc7)c6)cc5c34)n2)cc1. The third-order valence-corrected chi connectivity index (χ3v) is 13.6. The molecule has 0 N–H and O–H groups in total. The van der Waals surface area contributed by atoms with Crippen LogP contribution in [0.5, 0.6) is 0 Å². The molecule has 13 rings (SSSR count). The highest BCUT2D eigenvalue weighted by atomic mass is 16.3. The fourth-order valence-electron chi connectivity index (χ4n) is 10.5. The van der Waals surface area contributed by atoms with Crippen molar-refractivity contribution in [3.8, 4) is 78.7 Å². The highest BCUT2D eigenvalue weighted by Gasteiger charge is 2.46. The number of hydrogen-bond donors (Lipinski definition) is 0. The Morgan fingerprint density at radius 2 is 0.735 bits per heavy atom. The van der Waals surface area contributed by atoms with Crippen molar-refractivity contribution < 1.29 is 4.42 Å². The summed E-state index contributed by atoms with van der Waals surface area (Å²) < 4.78 is 6.50. The van der Waals surface area contributed by atoms with Crippen molar-refractivity contribution in [2.75, 3.05) is 0 Å². The van der Waals surface area contributed by atoms with Crippen LogP contribution in [0.3, 0.4) is 0 Å². The number of benzene rings is 10. The fourth-order valence-corrected chi connectivity index (χ4v) is 10.5. The minimum absolute atomic E-state index is 0.442. The van der Waals surface area contributed by atoms with Crippen LogP contribution in [0.2, 0.25) is 0 Å². The Labute approximate surface area is 394 Å². The molecule has 0 spiro atoms. The summed E-state index contributed by atoms with van der Waals surface area (Å²) in [6, 6.07) is 88.5. The Morgan fingerprint density at radius 3 is 1.38 bits per heavy atom. The molecule has 0 unspecified atom stereocenters. The monoisotopic (exact) mass is 867 g/mol. The first-order valence-corrected chi connectivity index (χ1v) is 23.1. The molecule has 0 fully saturated rings. The van der Waals surface area contributed by atoms with Crippen LogP contribution in [0.15, 0.2) is 253 Å². The molecule has 0 amide bonds. The molecule has 0 saturated carbocycles. The van der Waals surface area contributed by atoms with Gasteiger partial charge in [0.25, 0.3) is 0 Å². The van der Waals surface area contributed by atoms with E-state index in [0.717, 1.165) is 60.9 Å². The molecule has 1 aliphatic carbocycles. The van der Waals surface area contributed by atoms with Gasteiger partial charge in [0, 0.05) is 27.5 Å². The van der Waals surface area contributed by atoms with Crippen molar-refractivity contribution in [1.82, 2.24) is 15.0 Å². The molecule has 0 bridgehead atoms. The summed E-state index contributed by atoms with van der Waals surface area (Å²) in [4.78, 5) is 15.1. The van der Waals surface area contributed by atoms with Crippen molar-refractivity contribution in [2.45, 2.75) is 5.41 Å². The van der Waals surface area contributed by atoms with E-state index in [-0.39, 0.29) is 0 Å². The molecule has 0 atom stereocenters. The number of rotatable bonds is 8. The van der Waals surface area contributed by atoms with E-state index in [9.17, 15) is 0 Å². The van der Waals surface area contributed by atoms with Gasteiger partial charge in [0.1, 0.15) is 11.2 Å². The lowest BCUT2D eigenvalue weighted by Gasteiger charge is -2.34. The van der Waals surface area contributed by atoms with E-state index in [1.807, 2.05) is 72.8 Å². The van der Waals surface area contributed by atoms with E-state index in [0.29, 0.717) is 17.5 Å². The van der Waals surface area contributed by atoms with Gasteiger partial charge in [-0.2, -0.15) is 0 Å². The summed E-state index contributed by atoms with van der Waals surface area (Å²) in [7, 11) is 0. The molecule has 12 aromatic rings. The lowest BCUT2D eigenvalue weighted by molar-refractivity contribution is 0.669. The van der Waals surface area contributed by atoms with E-state index >= 15 is 0 Å². The lowest BCUT2D eigenvalue weighted by atomic mass is 9.67. The van der Waals surface area contributed by atoms with Gasteiger partial charge in [-0.25, -0.2) is 15.0 Å². The minimum atomic E-state index is -0.442. The maximum Gasteiger partial charge on any atom is 0.164 e. The predicted octanol–water partition coefficient (Wildman–Crippen LogP) is 16.1. The zero-order valence-electron chi connectivity index (χ0n) is 36.9. The first kappa shape index (κ1) is 39.4. The molecular weight excluding hydrogens is 827 g/mol. The Bertz CT molecular complexity index is 3730. The first-order valence-electron chi connectivity index (χ1n) is 23.1. The minimum Gasteiger partial charge on any atom is -0.456 e. The molecule has 10 aromatic carbocycles. The van der Waals surface area contributed by atoms with Crippen LogP contribution in [0.1, 0.15) is 22.3 Å². The van der Waals surface area contributed by atoms with Gasteiger partial charge >= 0.3 is 0 Å². The van der Waals surface area contributed by atoms with Crippen LogP contribution in [0, 0.1) is 0 Å². The summed E-state index contributed by atoms with van der Waals surface area (Å²) >= 11 is 0. The van der Waals surface area contributed by atoms with E-state index in [4.69, 9.17) is 19.4 Å². The van der Waals surface area contributed by atoms with Gasteiger partial charge in [-0.05, 0) is 97.1 Å². The van der Waals surface area contributed by atoms with Gasteiger partial charge < -0.3 is 4.42 Å². The van der Waals surface area contributed by atoms with E-state index in [1.54, 1.807) is 0 Å². The van der Waals surface area contributed by atoms with Crippen LogP contribution in [-0.4, -0.2) is 15.0 Å². The van der Waals surface area contributed by atoms with Gasteiger partial charge in [0.15, 0.2) is 17.5 Å². The maximum atomic E-state index is 6.50. The predicted molar refractivity (Wildman–Crippen MR) is 277 cm³/mol. The Kier molecular flexibility index (Phi) is 9.36. The number of hydrogen-bond acceptors (Lipinski definition) is 4. The quantitative estimate of drug-likeness (QED) is 0.153. The van der Waals surface area contributed by atoms with Gasteiger partial charge in [-0.15, -0.1) is 0 Å². The van der Waals surface area contributed by atoms with Gasteiger partial charge in [0.05, 0.1) is 5.41 Å². The molecule has 4 heteroatoms. The Balaban J connectivity index is 0.864. The molecule has 4 nitrogen and oxygen atoms in total. The molecule has 2 heterocycles. The Hall–Kier alpha value is -8.99. The van der Waals surface area contributed by atoms with E-state index < -0.39 is 5.41 Å². The van der Waals surface area contributed by atoms with Crippen LogP contribution in [0.25, 0.3) is 101 Å². The van der Waals surface area contributed by atoms with Gasteiger partial charge in [-0.1, -0.05) is 218 Å². The smallest absolute Gasteiger partial charge is 0.164 e. The van der Waals surface area contributed by atoms with E-state index in [1.165, 1.54) is 44.5 Å². The number of furan rings is 1. The summed E-state index contributed by atoms with van der Waals surface area (Å²) in [5.41, 5.74) is 18.5.